The highest BCUT2D eigenvalue weighted by molar-refractivity contribution is 6.05. The predicted molar refractivity (Wildman–Crippen MR) is 109 cm³/mol. The van der Waals surface area contributed by atoms with Gasteiger partial charge in [-0.2, -0.15) is 0 Å². The molecule has 0 atom stereocenters. The Morgan fingerprint density at radius 1 is 0.969 bits per heavy atom. The fourth-order valence-electron chi connectivity index (χ4n) is 3.01. The zero-order valence-corrected chi connectivity index (χ0v) is 17.1. The van der Waals surface area contributed by atoms with E-state index in [0.717, 1.165) is 7.11 Å². The van der Waals surface area contributed by atoms with Crippen LogP contribution in [-0.4, -0.2) is 50.4 Å². The molecule has 0 N–H and O–H groups in total. The molecule has 0 amide bonds. The lowest BCUT2D eigenvalue weighted by Gasteiger charge is -2.32. The first-order valence-electron chi connectivity index (χ1n) is 9.18. The van der Waals surface area contributed by atoms with Crippen molar-refractivity contribution in [1.82, 2.24) is 0 Å². The standard InChI is InChI=1S/C21H18N2O9/c1-29-19(24)16-11-31-12-22(18(16)21(26)30-2)17-6-4-3-5-15(17)20(25)32-14-9-7-13(8-10-14)23(27)28/h3-10H,11-12H2,1-2H3. The molecule has 0 radical (unpaired) electrons. The van der Waals surface area contributed by atoms with Gasteiger partial charge in [0, 0.05) is 12.1 Å². The second-order valence-electron chi connectivity index (χ2n) is 6.37. The number of non-ortho nitro benzene ring substituents is 1. The minimum atomic E-state index is -0.813. The number of ether oxygens (including phenoxy) is 4. The van der Waals surface area contributed by atoms with Crippen molar-refractivity contribution >= 4 is 29.3 Å². The van der Waals surface area contributed by atoms with Crippen LogP contribution in [0.2, 0.25) is 0 Å². The van der Waals surface area contributed by atoms with Crippen molar-refractivity contribution in [3.63, 3.8) is 0 Å². The molecule has 0 bridgehead atoms. The number of para-hydroxylation sites is 1. The van der Waals surface area contributed by atoms with E-state index in [2.05, 4.69) is 0 Å². The Morgan fingerprint density at radius 2 is 1.62 bits per heavy atom. The molecule has 11 heteroatoms. The first-order chi connectivity index (χ1) is 15.4. The van der Waals surface area contributed by atoms with Crippen LogP contribution < -0.4 is 9.64 Å². The number of nitro groups is 1. The Hall–Kier alpha value is -4.25. The quantitative estimate of drug-likeness (QED) is 0.284. The van der Waals surface area contributed by atoms with E-state index < -0.39 is 22.8 Å². The Bertz CT molecular complexity index is 1090. The predicted octanol–water partition coefficient (Wildman–Crippen LogP) is 2.21. The zero-order chi connectivity index (χ0) is 23.3. The Labute approximate surface area is 181 Å². The summed E-state index contributed by atoms with van der Waals surface area (Å²) in [5, 5.41) is 10.8. The van der Waals surface area contributed by atoms with Gasteiger partial charge in [0.1, 0.15) is 18.2 Å². The van der Waals surface area contributed by atoms with E-state index in [9.17, 15) is 24.5 Å². The fraction of sp³-hybridized carbons (Fsp3) is 0.190. The van der Waals surface area contributed by atoms with Crippen LogP contribution in [0.15, 0.2) is 59.8 Å². The first-order valence-corrected chi connectivity index (χ1v) is 9.18. The molecule has 0 unspecified atom stereocenters. The maximum atomic E-state index is 12.9. The number of rotatable bonds is 6. The summed E-state index contributed by atoms with van der Waals surface area (Å²) in [7, 11) is 2.32. The smallest absolute Gasteiger partial charge is 0.355 e. The summed E-state index contributed by atoms with van der Waals surface area (Å²) in [5.41, 5.74) is -0.0629. The number of nitrogens with zero attached hydrogens (tertiary/aromatic N) is 2. The van der Waals surface area contributed by atoms with Gasteiger partial charge in [0.15, 0.2) is 0 Å². The van der Waals surface area contributed by atoms with Crippen molar-refractivity contribution < 1.29 is 38.3 Å². The van der Waals surface area contributed by atoms with Crippen LogP contribution in [0.4, 0.5) is 11.4 Å². The number of anilines is 1. The highest BCUT2D eigenvalue weighted by atomic mass is 16.6. The first kappa shape index (κ1) is 22.4. The number of carbonyl (C=O) groups is 3. The van der Waals surface area contributed by atoms with Crippen LogP contribution >= 0.6 is 0 Å². The Kier molecular flexibility index (Phi) is 6.80. The highest BCUT2D eigenvalue weighted by Gasteiger charge is 2.34. The number of carbonyl (C=O) groups excluding carboxylic acids is 3. The summed E-state index contributed by atoms with van der Waals surface area (Å²) in [6.07, 6.45) is 0. The average molecular weight is 442 g/mol. The molecule has 1 aliphatic heterocycles. The van der Waals surface area contributed by atoms with Crippen LogP contribution in [-0.2, 0) is 23.8 Å². The van der Waals surface area contributed by atoms with Gasteiger partial charge in [0.05, 0.1) is 42.6 Å². The largest absolute Gasteiger partial charge is 0.466 e. The minimum absolute atomic E-state index is 0.0574. The lowest BCUT2D eigenvalue weighted by atomic mass is 10.1. The van der Waals surface area contributed by atoms with Gasteiger partial charge in [-0.25, -0.2) is 14.4 Å². The van der Waals surface area contributed by atoms with Crippen LogP contribution in [0.1, 0.15) is 10.4 Å². The lowest BCUT2D eigenvalue weighted by Crippen LogP contribution is -2.39. The number of hydrogen-bond acceptors (Lipinski definition) is 10. The summed E-state index contributed by atoms with van der Waals surface area (Å²) < 4.78 is 20.3. The van der Waals surface area contributed by atoms with Crippen LogP contribution in [0.3, 0.4) is 0 Å². The Balaban J connectivity index is 1.99. The van der Waals surface area contributed by atoms with E-state index >= 15 is 0 Å². The molecule has 0 spiro atoms. The van der Waals surface area contributed by atoms with E-state index in [0.29, 0.717) is 0 Å². The number of nitro benzene ring substituents is 1. The second kappa shape index (κ2) is 9.71. The van der Waals surface area contributed by atoms with Gasteiger partial charge < -0.3 is 23.8 Å². The van der Waals surface area contributed by atoms with E-state index in [4.69, 9.17) is 18.9 Å². The topological polar surface area (TPSA) is 135 Å². The maximum Gasteiger partial charge on any atom is 0.355 e. The van der Waals surface area contributed by atoms with E-state index in [1.807, 2.05) is 0 Å². The van der Waals surface area contributed by atoms with Crippen molar-refractivity contribution in [2.75, 3.05) is 32.5 Å². The second-order valence-corrected chi connectivity index (χ2v) is 6.37. The molecular weight excluding hydrogens is 424 g/mol. The molecule has 0 aliphatic carbocycles. The van der Waals surface area contributed by atoms with Crippen molar-refractivity contribution in [3.05, 3.63) is 75.5 Å². The summed E-state index contributed by atoms with van der Waals surface area (Å²) in [4.78, 5) is 49.1. The van der Waals surface area contributed by atoms with Gasteiger partial charge in [-0.05, 0) is 24.3 Å². The normalized spacial score (nSPS) is 13.4. The average Bonchev–Trinajstić information content (AvgIpc) is 2.82. The molecule has 0 saturated heterocycles. The van der Waals surface area contributed by atoms with Gasteiger partial charge in [0.2, 0.25) is 0 Å². The summed E-state index contributed by atoms with van der Waals surface area (Å²) in [6.45, 7) is -0.324. The van der Waals surface area contributed by atoms with Crippen LogP contribution in [0.5, 0.6) is 5.75 Å². The fourth-order valence-corrected chi connectivity index (χ4v) is 3.01. The van der Waals surface area contributed by atoms with E-state index in [-0.39, 0.29) is 47.3 Å². The molecule has 166 valence electrons. The number of hydrogen-bond donors (Lipinski definition) is 0. The molecule has 0 fully saturated rings. The summed E-state index contributed by atoms with van der Waals surface area (Å²) in [5.74, 6) is -2.29. The Morgan fingerprint density at radius 3 is 2.25 bits per heavy atom. The molecule has 1 aliphatic rings. The molecule has 0 saturated carbocycles. The number of methoxy groups -OCH3 is 2. The SMILES string of the molecule is COC(=O)C1=C(C(=O)OC)N(c2ccccc2C(=O)Oc2ccc([N+](=O)[O-])cc2)COC1. The third-order valence-electron chi connectivity index (χ3n) is 4.51. The van der Waals surface area contributed by atoms with Crippen molar-refractivity contribution in [2.24, 2.45) is 0 Å². The highest BCUT2D eigenvalue weighted by Crippen LogP contribution is 2.30. The third-order valence-corrected chi connectivity index (χ3v) is 4.51. The van der Waals surface area contributed by atoms with Gasteiger partial charge >= 0.3 is 17.9 Å². The van der Waals surface area contributed by atoms with Gasteiger partial charge in [0.25, 0.3) is 5.69 Å². The monoisotopic (exact) mass is 442 g/mol. The van der Waals surface area contributed by atoms with Crippen LogP contribution in [0, 0.1) is 10.1 Å². The summed E-state index contributed by atoms with van der Waals surface area (Å²) >= 11 is 0. The lowest BCUT2D eigenvalue weighted by molar-refractivity contribution is -0.384. The number of esters is 3. The number of benzene rings is 2. The molecule has 2 aromatic rings. The molecule has 3 rings (SSSR count). The molecule has 1 heterocycles. The van der Waals surface area contributed by atoms with Gasteiger partial charge in [-0.15, -0.1) is 0 Å². The van der Waals surface area contributed by atoms with Crippen LogP contribution in [0.25, 0.3) is 0 Å². The maximum absolute atomic E-state index is 12.9. The molecule has 0 aromatic heterocycles. The molecular formula is C21H18N2O9. The van der Waals surface area contributed by atoms with Gasteiger partial charge in [-0.3, -0.25) is 10.1 Å². The van der Waals surface area contributed by atoms with E-state index in [1.54, 1.807) is 18.2 Å². The van der Waals surface area contributed by atoms with Gasteiger partial charge in [-0.1, -0.05) is 12.1 Å². The molecule has 2 aromatic carbocycles. The minimum Gasteiger partial charge on any atom is -0.466 e. The van der Waals surface area contributed by atoms with Crippen molar-refractivity contribution in [1.29, 1.82) is 0 Å². The zero-order valence-electron chi connectivity index (χ0n) is 17.1. The summed E-state index contributed by atoms with van der Waals surface area (Å²) in [6, 6.07) is 11.2. The third kappa shape index (κ3) is 4.57. The van der Waals surface area contributed by atoms with Crippen molar-refractivity contribution in [3.8, 4) is 5.75 Å². The molecule has 11 nitrogen and oxygen atoms in total. The molecule has 32 heavy (non-hydrogen) atoms. The van der Waals surface area contributed by atoms with E-state index in [1.165, 1.54) is 42.3 Å². The van der Waals surface area contributed by atoms with Crippen molar-refractivity contribution in [2.45, 2.75) is 0 Å².